The van der Waals surface area contributed by atoms with Crippen LogP contribution in [-0.2, 0) is 10.8 Å². The average Bonchev–Trinajstić information content (AvgIpc) is 3.85. The van der Waals surface area contributed by atoms with Crippen molar-refractivity contribution in [2.45, 2.75) is 52.4 Å². The molecule has 2 aliphatic rings. The lowest BCUT2D eigenvalue weighted by Crippen LogP contribution is -2.15. The lowest BCUT2D eigenvalue weighted by atomic mass is 9.82. The fourth-order valence-corrected chi connectivity index (χ4v) is 10.6. The number of nitriles is 2. The lowest BCUT2D eigenvalue weighted by Gasteiger charge is -2.24. The summed E-state index contributed by atoms with van der Waals surface area (Å²) in [6, 6.07) is 49.2. The summed E-state index contributed by atoms with van der Waals surface area (Å²) in [5.41, 5.74) is 18.3. The Kier molecular flexibility index (Phi) is 6.32. The third kappa shape index (κ3) is 3.86. The van der Waals surface area contributed by atoms with Gasteiger partial charge in [0, 0.05) is 32.4 Å². The monoisotopic (exact) mass is 718 g/mol. The molecule has 0 saturated carbocycles. The maximum Gasteiger partial charge on any atom is 0.102 e. The Bertz CT molecular complexity index is 3130. The Hall–Kier alpha value is -6.88. The molecule has 11 rings (SSSR count). The highest BCUT2D eigenvalue weighted by Gasteiger charge is 2.38. The number of hydrogen-bond acceptors (Lipinski definition) is 2. The Balaban J connectivity index is 1.28. The van der Waals surface area contributed by atoms with Gasteiger partial charge in [-0.25, -0.2) is 0 Å². The molecule has 7 aromatic carbocycles. The van der Waals surface area contributed by atoms with E-state index in [1.807, 2.05) is 6.92 Å². The molecular weight excluding hydrogens is 681 g/mol. The van der Waals surface area contributed by atoms with E-state index in [0.29, 0.717) is 16.7 Å². The van der Waals surface area contributed by atoms with E-state index in [9.17, 15) is 10.5 Å². The van der Waals surface area contributed by atoms with Gasteiger partial charge in [-0.15, -0.1) is 0 Å². The second-order valence-corrected chi connectivity index (χ2v) is 16.8. The van der Waals surface area contributed by atoms with Crippen LogP contribution in [0.25, 0.3) is 77.2 Å². The van der Waals surface area contributed by atoms with Gasteiger partial charge in [0.25, 0.3) is 0 Å². The number of aromatic nitrogens is 2. The first kappa shape index (κ1) is 32.5. The zero-order valence-corrected chi connectivity index (χ0v) is 32.3. The molecule has 266 valence electrons. The van der Waals surface area contributed by atoms with E-state index in [0.717, 1.165) is 60.5 Å². The van der Waals surface area contributed by atoms with Crippen LogP contribution in [0.15, 0.2) is 121 Å². The zero-order valence-electron chi connectivity index (χ0n) is 32.3. The topological polar surface area (TPSA) is 57.4 Å². The van der Waals surface area contributed by atoms with Crippen LogP contribution in [0.1, 0.15) is 72.2 Å². The molecule has 0 radical (unpaired) electrons. The molecule has 56 heavy (non-hydrogen) atoms. The van der Waals surface area contributed by atoms with Gasteiger partial charge in [-0.05, 0) is 106 Å². The van der Waals surface area contributed by atoms with Gasteiger partial charge in [0.05, 0.1) is 44.6 Å². The fraction of sp³-hybridized carbons (Fsp3) is 0.154. The highest BCUT2D eigenvalue weighted by atomic mass is 15.0. The van der Waals surface area contributed by atoms with Crippen LogP contribution >= 0.6 is 0 Å². The fourth-order valence-electron chi connectivity index (χ4n) is 10.6. The molecule has 2 aromatic heterocycles. The molecule has 0 bridgehead atoms. The van der Waals surface area contributed by atoms with Gasteiger partial charge in [0.1, 0.15) is 12.1 Å². The number of rotatable bonds is 2. The molecule has 2 heterocycles. The van der Waals surface area contributed by atoms with Crippen molar-refractivity contribution in [3.05, 3.63) is 166 Å². The van der Waals surface area contributed by atoms with Crippen molar-refractivity contribution in [3.8, 4) is 45.8 Å². The lowest BCUT2D eigenvalue weighted by molar-refractivity contribution is 0.661. The third-order valence-electron chi connectivity index (χ3n) is 13.4. The van der Waals surface area contributed by atoms with Gasteiger partial charge >= 0.3 is 0 Å². The summed E-state index contributed by atoms with van der Waals surface area (Å²) in [6.45, 7) is 13.3. The minimum Gasteiger partial charge on any atom is -0.308 e. The van der Waals surface area contributed by atoms with E-state index < -0.39 is 0 Å². The van der Waals surface area contributed by atoms with Crippen LogP contribution in [0, 0.1) is 36.5 Å². The normalized spacial score (nSPS) is 14.5. The van der Waals surface area contributed by atoms with Crippen molar-refractivity contribution >= 4 is 43.6 Å². The molecule has 9 aromatic rings. The maximum absolute atomic E-state index is 11.1. The van der Waals surface area contributed by atoms with Gasteiger partial charge in [0.15, 0.2) is 0 Å². The van der Waals surface area contributed by atoms with Crippen LogP contribution in [0.2, 0.25) is 0 Å². The molecule has 0 amide bonds. The summed E-state index contributed by atoms with van der Waals surface area (Å²) in [5, 5.41) is 26.7. The highest BCUT2D eigenvalue weighted by molar-refractivity contribution is 6.14. The van der Waals surface area contributed by atoms with Crippen LogP contribution in [-0.4, -0.2) is 9.13 Å². The van der Waals surface area contributed by atoms with E-state index in [4.69, 9.17) is 0 Å². The van der Waals surface area contributed by atoms with Crippen LogP contribution in [0.3, 0.4) is 0 Å². The van der Waals surface area contributed by atoms with Gasteiger partial charge < -0.3 is 9.13 Å². The Labute approximate surface area is 326 Å². The van der Waals surface area contributed by atoms with Crippen LogP contribution < -0.4 is 0 Å². The Morgan fingerprint density at radius 2 is 0.804 bits per heavy atom. The molecule has 2 aliphatic carbocycles. The number of nitrogens with zero attached hydrogens (tertiary/aromatic N) is 4. The first-order chi connectivity index (χ1) is 27.1. The van der Waals surface area contributed by atoms with Gasteiger partial charge in [-0.2, -0.15) is 10.5 Å². The molecule has 0 fully saturated rings. The summed E-state index contributed by atoms with van der Waals surface area (Å²) in [5.74, 6) is 0. The molecule has 0 spiro atoms. The van der Waals surface area contributed by atoms with Crippen molar-refractivity contribution in [3.63, 3.8) is 0 Å². The number of hydrogen-bond donors (Lipinski definition) is 0. The van der Waals surface area contributed by atoms with E-state index in [-0.39, 0.29) is 10.8 Å². The second kappa shape index (κ2) is 10.9. The van der Waals surface area contributed by atoms with Crippen LogP contribution in [0.5, 0.6) is 0 Å². The van der Waals surface area contributed by atoms with E-state index >= 15 is 0 Å². The summed E-state index contributed by atoms with van der Waals surface area (Å²) in [7, 11) is 0. The Morgan fingerprint density at radius 3 is 1.23 bits per heavy atom. The molecule has 0 N–H and O–H groups in total. The summed E-state index contributed by atoms with van der Waals surface area (Å²) < 4.78 is 4.61. The minimum absolute atomic E-state index is 0.198. The summed E-state index contributed by atoms with van der Waals surface area (Å²) >= 11 is 0. The standard InChI is InChI=1S/C52H38N4/c1-29-39(27-53)49(55-45-21-13-9-17-33(45)37-23-35-31-15-7-11-19-41(31)51(3,4)43(35)25-47(37)55)30(2)50(40(29)28-54)56-46-22-14-10-18-34(46)38-24-36-32-16-8-12-20-42(32)52(5,6)44(36)26-48(38)56/h7-26H,1-6H3. The molecular formula is C52H38N4. The summed E-state index contributed by atoms with van der Waals surface area (Å²) in [4.78, 5) is 0. The zero-order chi connectivity index (χ0) is 38.4. The number of benzene rings is 7. The molecule has 0 aliphatic heterocycles. The molecule has 4 nitrogen and oxygen atoms in total. The largest absolute Gasteiger partial charge is 0.308 e. The Morgan fingerprint density at radius 1 is 0.411 bits per heavy atom. The van der Waals surface area contributed by atoms with E-state index in [1.54, 1.807) is 0 Å². The van der Waals surface area contributed by atoms with Crippen molar-refractivity contribution in [1.29, 1.82) is 10.5 Å². The number of fused-ring (bicyclic) bond motifs is 12. The van der Waals surface area contributed by atoms with Gasteiger partial charge in [-0.1, -0.05) is 113 Å². The molecule has 0 unspecified atom stereocenters. The highest BCUT2D eigenvalue weighted by Crippen LogP contribution is 2.53. The van der Waals surface area contributed by atoms with Crippen molar-refractivity contribution in [2.75, 3.05) is 0 Å². The van der Waals surface area contributed by atoms with Crippen LogP contribution in [0.4, 0.5) is 0 Å². The van der Waals surface area contributed by atoms with Gasteiger partial charge in [0.2, 0.25) is 0 Å². The summed E-state index contributed by atoms with van der Waals surface area (Å²) in [6.07, 6.45) is 0. The van der Waals surface area contributed by atoms with E-state index in [1.165, 1.54) is 44.5 Å². The SMILES string of the molecule is Cc1c(C#N)c(-n2c3ccccc3c3cc4c(cc32)C(C)(C)c2ccccc2-4)c(C)c(-n2c3ccccc3c3cc4c(cc32)C(C)(C)c2ccccc2-4)c1C#N. The van der Waals surface area contributed by atoms with E-state index in [2.05, 4.69) is 177 Å². The minimum atomic E-state index is -0.198. The predicted molar refractivity (Wildman–Crippen MR) is 229 cm³/mol. The quantitative estimate of drug-likeness (QED) is 0.179. The van der Waals surface area contributed by atoms with Gasteiger partial charge in [-0.3, -0.25) is 0 Å². The van der Waals surface area contributed by atoms with Crippen molar-refractivity contribution < 1.29 is 0 Å². The first-order valence-corrected chi connectivity index (χ1v) is 19.4. The second-order valence-electron chi connectivity index (χ2n) is 16.8. The first-order valence-electron chi connectivity index (χ1n) is 19.4. The predicted octanol–water partition coefficient (Wildman–Crippen LogP) is 12.9. The molecule has 4 heteroatoms. The smallest absolute Gasteiger partial charge is 0.102 e. The maximum atomic E-state index is 11.1. The van der Waals surface area contributed by atoms with Crippen molar-refractivity contribution in [1.82, 2.24) is 9.13 Å². The number of para-hydroxylation sites is 2. The van der Waals surface area contributed by atoms with Crippen molar-refractivity contribution in [2.24, 2.45) is 0 Å². The molecule has 0 saturated heterocycles. The molecule has 0 atom stereocenters. The average molecular weight is 719 g/mol. The third-order valence-corrected chi connectivity index (χ3v) is 13.4.